The molecule has 0 fully saturated rings. The van der Waals surface area contributed by atoms with E-state index in [4.69, 9.17) is 15.2 Å². The van der Waals surface area contributed by atoms with Crippen LogP contribution in [0.2, 0.25) is 0 Å². The summed E-state index contributed by atoms with van der Waals surface area (Å²) in [5.41, 5.74) is 7.84. The van der Waals surface area contributed by atoms with Crippen LogP contribution in [-0.2, 0) is 29.1 Å². The van der Waals surface area contributed by atoms with Gasteiger partial charge >= 0.3 is 0 Å². The number of methoxy groups -OCH3 is 1. The number of nitrogens with zero attached hydrogens (tertiary/aromatic N) is 2. The zero-order valence-electron chi connectivity index (χ0n) is 15.2. The highest BCUT2D eigenvalue weighted by Gasteiger charge is 2.16. The first-order valence-corrected chi connectivity index (χ1v) is 8.68. The summed E-state index contributed by atoms with van der Waals surface area (Å²) in [6.07, 6.45) is -0.743. The van der Waals surface area contributed by atoms with Crippen LogP contribution in [0.4, 0.5) is 0 Å². The molecule has 1 aromatic heterocycles. The molecule has 7 heteroatoms. The number of para-hydroxylation sites is 3. The van der Waals surface area contributed by atoms with Crippen LogP contribution < -0.4 is 10.5 Å². The molecule has 0 saturated carbocycles. The first kappa shape index (κ1) is 18.9. The average molecular weight is 369 g/mol. The molecular formula is C20H23N3O4. The molecule has 0 unspecified atom stereocenters. The molecule has 0 bridgehead atoms. The molecule has 2 aromatic carbocycles. The maximum absolute atomic E-state index is 11.3. The summed E-state index contributed by atoms with van der Waals surface area (Å²) in [6, 6.07) is 15.1. The summed E-state index contributed by atoms with van der Waals surface area (Å²) in [4.78, 5) is 15.8. The second kappa shape index (κ2) is 8.66. The van der Waals surface area contributed by atoms with E-state index in [2.05, 4.69) is 4.98 Å². The summed E-state index contributed by atoms with van der Waals surface area (Å²) in [7, 11) is 1.61. The van der Waals surface area contributed by atoms with E-state index in [1.165, 1.54) is 0 Å². The highest BCUT2D eigenvalue weighted by Crippen LogP contribution is 2.19. The molecule has 0 aliphatic heterocycles. The van der Waals surface area contributed by atoms with Crippen LogP contribution in [0.1, 0.15) is 11.4 Å². The Kier molecular flexibility index (Phi) is 6.05. The summed E-state index contributed by atoms with van der Waals surface area (Å²) < 4.78 is 12.8. The van der Waals surface area contributed by atoms with Crippen molar-refractivity contribution in [2.45, 2.75) is 25.7 Å². The SMILES string of the molecule is COc1ccccc1COC[C@@H](O)Cn1c(CC(N)=O)nc2ccccc21. The van der Waals surface area contributed by atoms with Gasteiger partial charge in [-0.3, -0.25) is 4.79 Å². The van der Waals surface area contributed by atoms with E-state index in [0.29, 0.717) is 12.4 Å². The Labute approximate surface area is 157 Å². The van der Waals surface area contributed by atoms with Gasteiger partial charge in [0.2, 0.25) is 5.91 Å². The van der Waals surface area contributed by atoms with Crippen LogP contribution in [-0.4, -0.2) is 40.4 Å². The zero-order chi connectivity index (χ0) is 19.2. The number of nitrogens with two attached hydrogens (primary N) is 1. The van der Waals surface area contributed by atoms with Gasteiger partial charge in [-0.05, 0) is 18.2 Å². The van der Waals surface area contributed by atoms with Crippen molar-refractivity contribution in [1.29, 1.82) is 0 Å². The molecule has 7 nitrogen and oxygen atoms in total. The van der Waals surface area contributed by atoms with E-state index in [1.807, 2.05) is 53.1 Å². The minimum Gasteiger partial charge on any atom is -0.496 e. The number of rotatable bonds is 9. The molecule has 1 atom stereocenters. The number of benzene rings is 2. The number of primary amides is 1. The van der Waals surface area contributed by atoms with Gasteiger partial charge in [0.1, 0.15) is 11.6 Å². The topological polar surface area (TPSA) is 99.6 Å². The van der Waals surface area contributed by atoms with Crippen LogP contribution in [0.15, 0.2) is 48.5 Å². The Hall–Kier alpha value is -2.90. The Morgan fingerprint density at radius 3 is 2.74 bits per heavy atom. The molecule has 3 aromatic rings. The quantitative estimate of drug-likeness (QED) is 0.597. The van der Waals surface area contributed by atoms with Crippen molar-refractivity contribution >= 4 is 16.9 Å². The summed E-state index contributed by atoms with van der Waals surface area (Å²) in [6.45, 7) is 0.732. The van der Waals surface area contributed by atoms with Crippen LogP contribution in [0, 0.1) is 0 Å². The standard InChI is InChI=1S/C20H23N3O4/c1-26-18-9-5-2-6-14(18)12-27-13-15(24)11-23-17-8-4-3-7-16(17)22-20(23)10-19(21)25/h2-9,15,24H,10-13H2,1H3,(H2,21,25)/t15-/m0/s1. The van der Waals surface area contributed by atoms with Gasteiger partial charge in [-0.15, -0.1) is 0 Å². The molecule has 0 aliphatic carbocycles. The number of aliphatic hydroxyl groups is 1. The summed E-state index contributed by atoms with van der Waals surface area (Å²) >= 11 is 0. The number of carbonyl (C=O) groups is 1. The predicted octanol–water partition coefficient (Wildman–Crippen LogP) is 1.65. The lowest BCUT2D eigenvalue weighted by atomic mass is 10.2. The molecule has 0 spiro atoms. The van der Waals surface area contributed by atoms with Gasteiger partial charge in [0.05, 0.1) is 50.4 Å². The minimum absolute atomic E-state index is 0.0173. The number of imidazole rings is 1. The maximum Gasteiger partial charge on any atom is 0.225 e. The van der Waals surface area contributed by atoms with Gasteiger partial charge < -0.3 is 24.9 Å². The lowest BCUT2D eigenvalue weighted by Crippen LogP contribution is -2.25. The Bertz CT molecular complexity index is 922. The molecule has 0 aliphatic rings. The van der Waals surface area contributed by atoms with Crippen molar-refractivity contribution in [3.63, 3.8) is 0 Å². The molecule has 0 radical (unpaired) electrons. The Morgan fingerprint density at radius 1 is 1.22 bits per heavy atom. The van der Waals surface area contributed by atoms with E-state index in [1.54, 1.807) is 7.11 Å². The number of ether oxygens (including phenoxy) is 2. The second-order valence-corrected chi connectivity index (χ2v) is 6.25. The second-order valence-electron chi connectivity index (χ2n) is 6.25. The van der Waals surface area contributed by atoms with E-state index in [-0.39, 0.29) is 19.6 Å². The van der Waals surface area contributed by atoms with Gasteiger partial charge in [0.25, 0.3) is 0 Å². The fraction of sp³-hybridized carbons (Fsp3) is 0.300. The van der Waals surface area contributed by atoms with Crippen molar-refractivity contribution in [1.82, 2.24) is 9.55 Å². The van der Waals surface area contributed by atoms with Crippen LogP contribution in [0.25, 0.3) is 11.0 Å². The molecular weight excluding hydrogens is 346 g/mol. The van der Waals surface area contributed by atoms with Gasteiger partial charge in [-0.2, -0.15) is 0 Å². The normalized spacial score (nSPS) is 12.2. The minimum atomic E-state index is -0.760. The van der Waals surface area contributed by atoms with E-state index < -0.39 is 12.0 Å². The largest absolute Gasteiger partial charge is 0.496 e. The van der Waals surface area contributed by atoms with Crippen molar-refractivity contribution in [3.05, 3.63) is 59.9 Å². The third-order valence-corrected chi connectivity index (χ3v) is 4.22. The lowest BCUT2D eigenvalue weighted by molar-refractivity contribution is -0.117. The van der Waals surface area contributed by atoms with E-state index in [9.17, 15) is 9.90 Å². The zero-order valence-corrected chi connectivity index (χ0v) is 15.2. The lowest BCUT2D eigenvalue weighted by Gasteiger charge is -2.15. The van der Waals surface area contributed by atoms with Crippen LogP contribution in [0.3, 0.4) is 0 Å². The first-order valence-electron chi connectivity index (χ1n) is 8.68. The van der Waals surface area contributed by atoms with E-state index >= 15 is 0 Å². The maximum atomic E-state index is 11.3. The van der Waals surface area contributed by atoms with Crippen molar-refractivity contribution in [2.75, 3.05) is 13.7 Å². The third-order valence-electron chi connectivity index (χ3n) is 4.22. The number of carbonyl (C=O) groups excluding carboxylic acids is 1. The molecule has 1 heterocycles. The van der Waals surface area contributed by atoms with Crippen molar-refractivity contribution < 1.29 is 19.4 Å². The number of amides is 1. The highest BCUT2D eigenvalue weighted by molar-refractivity contribution is 5.80. The van der Waals surface area contributed by atoms with Gasteiger partial charge in [0, 0.05) is 5.56 Å². The van der Waals surface area contributed by atoms with Gasteiger partial charge in [0.15, 0.2) is 0 Å². The smallest absolute Gasteiger partial charge is 0.225 e. The van der Waals surface area contributed by atoms with Crippen LogP contribution >= 0.6 is 0 Å². The Morgan fingerprint density at radius 2 is 1.96 bits per heavy atom. The van der Waals surface area contributed by atoms with Crippen molar-refractivity contribution in [3.8, 4) is 5.75 Å². The fourth-order valence-corrected chi connectivity index (χ4v) is 3.01. The number of aliphatic hydroxyl groups excluding tert-OH is 1. The number of hydrogen-bond acceptors (Lipinski definition) is 5. The van der Waals surface area contributed by atoms with Gasteiger partial charge in [-0.25, -0.2) is 4.98 Å². The molecule has 142 valence electrons. The fourth-order valence-electron chi connectivity index (χ4n) is 3.01. The van der Waals surface area contributed by atoms with Crippen molar-refractivity contribution in [2.24, 2.45) is 5.73 Å². The third kappa shape index (κ3) is 4.64. The number of aromatic nitrogens is 2. The monoisotopic (exact) mass is 369 g/mol. The molecule has 1 amide bonds. The number of hydrogen-bond donors (Lipinski definition) is 2. The molecule has 0 saturated heterocycles. The first-order chi connectivity index (χ1) is 13.1. The summed E-state index contributed by atoms with van der Waals surface area (Å²) in [5, 5.41) is 10.4. The number of fused-ring (bicyclic) bond motifs is 1. The Balaban J connectivity index is 1.66. The van der Waals surface area contributed by atoms with E-state index in [0.717, 1.165) is 22.3 Å². The van der Waals surface area contributed by atoms with Gasteiger partial charge in [-0.1, -0.05) is 30.3 Å². The summed E-state index contributed by atoms with van der Waals surface area (Å²) in [5.74, 6) is 0.817. The average Bonchev–Trinajstić information content (AvgIpc) is 2.98. The molecule has 3 N–H and O–H groups in total. The molecule has 3 rings (SSSR count). The van der Waals surface area contributed by atoms with Crippen LogP contribution in [0.5, 0.6) is 5.75 Å². The highest BCUT2D eigenvalue weighted by atomic mass is 16.5. The molecule has 27 heavy (non-hydrogen) atoms. The predicted molar refractivity (Wildman–Crippen MR) is 101 cm³/mol.